The second kappa shape index (κ2) is 7.12. The van der Waals surface area contributed by atoms with Crippen molar-refractivity contribution in [3.63, 3.8) is 0 Å². The SMILES string of the molecule is C[C@@H]1CC[C@]2(C(=O)O)CC[C@]3(C)C(=CCC4[C@@]5(C)CC[C@H](O)C(C)(C)[C@@H]5CC[C@]43C)C2[C@]1(C)O. The highest BCUT2D eigenvalue weighted by molar-refractivity contribution is 5.77. The Labute approximate surface area is 206 Å². The van der Waals surface area contributed by atoms with Crippen molar-refractivity contribution in [1.82, 2.24) is 0 Å². The lowest BCUT2D eigenvalue weighted by Gasteiger charge is -2.71. The van der Waals surface area contributed by atoms with Crippen LogP contribution in [-0.2, 0) is 4.79 Å². The van der Waals surface area contributed by atoms with E-state index in [1.165, 1.54) is 5.57 Å². The van der Waals surface area contributed by atoms with E-state index < -0.39 is 17.0 Å². The molecule has 4 heteroatoms. The molecule has 0 spiro atoms. The maximum Gasteiger partial charge on any atom is 0.310 e. The zero-order chi connectivity index (χ0) is 25.1. The maximum atomic E-state index is 12.8. The Balaban J connectivity index is 1.64. The highest BCUT2D eigenvalue weighted by Gasteiger charge is 2.71. The van der Waals surface area contributed by atoms with Gasteiger partial charge in [-0.05, 0) is 104 Å². The van der Waals surface area contributed by atoms with E-state index in [9.17, 15) is 20.1 Å². The van der Waals surface area contributed by atoms with E-state index in [1.807, 2.05) is 6.92 Å². The number of aliphatic hydroxyl groups is 2. The summed E-state index contributed by atoms with van der Waals surface area (Å²) >= 11 is 0. The standard InChI is InChI=1S/C30H48O4/c1-18-10-15-30(24(32)33)17-16-27(5)19(23(30)29(18,7)34)8-9-21-26(4)13-12-22(31)25(2,3)20(26)11-14-28(21,27)6/h8,18,20-23,31,34H,9-17H2,1-7H3,(H,32,33)/t18-,20+,21?,22+,23?,26+,27-,28-,29-,30+/m1/s1. The average Bonchev–Trinajstić information content (AvgIpc) is 2.74. The van der Waals surface area contributed by atoms with E-state index >= 15 is 0 Å². The van der Waals surface area contributed by atoms with Gasteiger partial charge in [0.15, 0.2) is 0 Å². The molecule has 0 saturated heterocycles. The zero-order valence-corrected chi connectivity index (χ0v) is 22.6. The minimum atomic E-state index is -1.01. The Bertz CT molecular complexity index is 919. The molecule has 0 amide bonds. The minimum absolute atomic E-state index is 0.0716. The van der Waals surface area contributed by atoms with Crippen LogP contribution in [0.5, 0.6) is 0 Å². The Hall–Kier alpha value is -0.870. The van der Waals surface area contributed by atoms with Gasteiger partial charge in [0.05, 0.1) is 17.1 Å². The number of hydrogen-bond donors (Lipinski definition) is 3. The fourth-order valence-corrected chi connectivity index (χ4v) is 10.8. The van der Waals surface area contributed by atoms with Gasteiger partial charge in [0.2, 0.25) is 0 Å². The van der Waals surface area contributed by atoms with Gasteiger partial charge in [-0.3, -0.25) is 4.79 Å². The summed E-state index contributed by atoms with van der Waals surface area (Å²) in [5.74, 6) is 0.0848. The van der Waals surface area contributed by atoms with Gasteiger partial charge in [0.25, 0.3) is 0 Å². The van der Waals surface area contributed by atoms with Crippen molar-refractivity contribution < 1.29 is 20.1 Å². The van der Waals surface area contributed by atoms with Crippen molar-refractivity contribution in [2.24, 2.45) is 50.7 Å². The van der Waals surface area contributed by atoms with Crippen LogP contribution in [-0.4, -0.2) is 33.0 Å². The van der Waals surface area contributed by atoms with Crippen LogP contribution in [0, 0.1) is 50.7 Å². The van der Waals surface area contributed by atoms with Gasteiger partial charge in [0.1, 0.15) is 0 Å². The molecular weight excluding hydrogens is 424 g/mol. The quantitative estimate of drug-likeness (QED) is 0.397. The van der Waals surface area contributed by atoms with Crippen LogP contribution in [0.2, 0.25) is 0 Å². The lowest BCUT2D eigenvalue weighted by atomic mass is 9.33. The summed E-state index contributed by atoms with van der Waals surface area (Å²) in [5.41, 5.74) is -0.532. The van der Waals surface area contributed by atoms with Gasteiger partial charge in [-0.2, -0.15) is 0 Å². The monoisotopic (exact) mass is 472 g/mol. The number of aliphatic hydroxyl groups excluding tert-OH is 1. The largest absolute Gasteiger partial charge is 0.481 e. The Morgan fingerprint density at radius 2 is 1.59 bits per heavy atom. The molecule has 34 heavy (non-hydrogen) atoms. The van der Waals surface area contributed by atoms with Gasteiger partial charge in [-0.25, -0.2) is 0 Å². The highest BCUT2D eigenvalue weighted by atomic mass is 16.4. The number of fused-ring (bicyclic) bond motifs is 7. The van der Waals surface area contributed by atoms with Crippen molar-refractivity contribution in [2.75, 3.05) is 0 Å². The average molecular weight is 473 g/mol. The van der Waals surface area contributed by atoms with Gasteiger partial charge < -0.3 is 15.3 Å². The molecular formula is C30H48O4. The lowest BCUT2D eigenvalue weighted by Crippen LogP contribution is -2.67. The molecule has 5 aliphatic carbocycles. The second-order valence-corrected chi connectivity index (χ2v) is 14.7. The number of carboxylic acid groups (broad SMARTS) is 1. The number of aliphatic carboxylic acids is 1. The molecule has 4 nitrogen and oxygen atoms in total. The molecule has 0 radical (unpaired) electrons. The van der Waals surface area contributed by atoms with Crippen LogP contribution < -0.4 is 0 Å². The van der Waals surface area contributed by atoms with Crippen molar-refractivity contribution in [3.8, 4) is 0 Å². The maximum absolute atomic E-state index is 12.8. The summed E-state index contributed by atoms with van der Waals surface area (Å²) < 4.78 is 0. The number of carbonyl (C=O) groups is 1. The number of allylic oxidation sites excluding steroid dienone is 1. The summed E-state index contributed by atoms with van der Waals surface area (Å²) in [7, 11) is 0. The van der Waals surface area contributed by atoms with Crippen LogP contribution in [0.4, 0.5) is 0 Å². The van der Waals surface area contributed by atoms with Crippen molar-refractivity contribution in [3.05, 3.63) is 11.6 Å². The minimum Gasteiger partial charge on any atom is -0.481 e. The van der Waals surface area contributed by atoms with E-state index in [0.717, 1.165) is 44.9 Å². The summed E-state index contributed by atoms with van der Waals surface area (Å²) in [6, 6.07) is 0. The molecule has 5 rings (SSSR count). The Morgan fingerprint density at radius 3 is 2.24 bits per heavy atom. The third kappa shape index (κ3) is 2.71. The molecule has 3 N–H and O–H groups in total. The first-order valence-corrected chi connectivity index (χ1v) is 13.9. The fraction of sp³-hybridized carbons (Fsp3) is 0.900. The van der Waals surface area contributed by atoms with E-state index in [2.05, 4.69) is 47.6 Å². The van der Waals surface area contributed by atoms with E-state index in [1.54, 1.807) is 0 Å². The van der Waals surface area contributed by atoms with Crippen LogP contribution in [0.15, 0.2) is 11.6 Å². The molecule has 192 valence electrons. The smallest absolute Gasteiger partial charge is 0.310 e. The first-order chi connectivity index (χ1) is 15.6. The van der Waals surface area contributed by atoms with E-state index in [0.29, 0.717) is 24.7 Å². The van der Waals surface area contributed by atoms with Gasteiger partial charge >= 0.3 is 5.97 Å². The molecule has 0 aromatic rings. The van der Waals surface area contributed by atoms with Crippen LogP contribution >= 0.6 is 0 Å². The molecule has 10 atom stereocenters. The number of carboxylic acids is 1. The molecule has 0 heterocycles. The van der Waals surface area contributed by atoms with Crippen molar-refractivity contribution in [1.29, 1.82) is 0 Å². The van der Waals surface area contributed by atoms with E-state index in [4.69, 9.17) is 0 Å². The summed E-state index contributed by atoms with van der Waals surface area (Å²) in [4.78, 5) is 12.8. The highest BCUT2D eigenvalue weighted by Crippen LogP contribution is 2.76. The molecule has 5 aliphatic rings. The molecule has 4 fully saturated rings. The number of rotatable bonds is 1. The van der Waals surface area contributed by atoms with E-state index in [-0.39, 0.29) is 39.6 Å². The van der Waals surface area contributed by atoms with Crippen LogP contribution in [0.25, 0.3) is 0 Å². The molecule has 2 unspecified atom stereocenters. The zero-order valence-electron chi connectivity index (χ0n) is 22.6. The van der Waals surface area contributed by atoms with Gasteiger partial charge in [0, 0.05) is 5.92 Å². The van der Waals surface area contributed by atoms with Gasteiger partial charge in [-0.1, -0.05) is 53.2 Å². The summed E-state index contributed by atoms with van der Waals surface area (Å²) in [6.45, 7) is 16.0. The predicted octanol–water partition coefficient (Wildman–Crippen LogP) is 6.20. The Kier molecular flexibility index (Phi) is 5.20. The first-order valence-electron chi connectivity index (χ1n) is 13.9. The molecule has 0 bridgehead atoms. The molecule has 0 aromatic carbocycles. The van der Waals surface area contributed by atoms with Crippen LogP contribution in [0.3, 0.4) is 0 Å². The fourth-order valence-electron chi connectivity index (χ4n) is 10.8. The topological polar surface area (TPSA) is 77.8 Å². The third-order valence-corrected chi connectivity index (χ3v) is 13.5. The Morgan fingerprint density at radius 1 is 0.912 bits per heavy atom. The summed E-state index contributed by atoms with van der Waals surface area (Å²) in [5, 5.41) is 33.3. The van der Waals surface area contributed by atoms with Crippen molar-refractivity contribution in [2.45, 2.75) is 118 Å². The van der Waals surface area contributed by atoms with Gasteiger partial charge in [-0.15, -0.1) is 0 Å². The molecule has 0 aromatic heterocycles. The normalized spacial score (nSPS) is 56.3. The molecule has 4 saturated carbocycles. The van der Waals surface area contributed by atoms with Crippen molar-refractivity contribution >= 4 is 5.97 Å². The summed E-state index contributed by atoms with van der Waals surface area (Å²) in [6.07, 6.45) is 10.3. The second-order valence-electron chi connectivity index (χ2n) is 14.7. The number of hydrogen-bond acceptors (Lipinski definition) is 3. The molecule has 0 aliphatic heterocycles. The van der Waals surface area contributed by atoms with Crippen LogP contribution in [0.1, 0.15) is 106 Å². The third-order valence-electron chi connectivity index (χ3n) is 13.5. The predicted molar refractivity (Wildman–Crippen MR) is 134 cm³/mol. The first kappa shape index (κ1) is 24.8. The lowest BCUT2D eigenvalue weighted by molar-refractivity contribution is -0.217.